The Morgan fingerprint density at radius 3 is 0.352 bits per heavy atom. The van der Waals surface area contributed by atoms with Crippen molar-refractivity contribution < 1.29 is 268 Å². The fourth-order valence-electron chi connectivity index (χ4n) is 9.57. The fraction of sp³-hybridized carbons (Fsp3) is 0.708. The van der Waals surface area contributed by atoms with Gasteiger partial charge < -0.3 is 144 Å². The molecule has 0 saturated heterocycles. The molecular formula is C89H128O56. The lowest BCUT2D eigenvalue weighted by Gasteiger charge is -2.34. The maximum Gasteiger partial charge on any atom is 0.347 e. The lowest BCUT2D eigenvalue weighted by molar-refractivity contribution is -0.190. The highest BCUT2D eigenvalue weighted by Gasteiger charge is 2.47. The Kier molecular flexibility index (Phi) is 55.4. The van der Waals surface area contributed by atoms with E-state index in [9.17, 15) is 145 Å². The Balaban J connectivity index is 6.34. The number of rotatable bonds is 60. The second-order valence-corrected chi connectivity index (χ2v) is 33.2. The van der Waals surface area contributed by atoms with E-state index in [1.165, 1.54) is 0 Å². The third kappa shape index (κ3) is 45.7. The van der Waals surface area contributed by atoms with E-state index in [-0.39, 0.29) is 12.8 Å². The first-order chi connectivity index (χ1) is 66.8. The highest BCUT2D eigenvalue weighted by molar-refractivity contribution is 5.93. The Hall–Kier alpha value is -13.9. The van der Waals surface area contributed by atoms with Crippen LogP contribution in [0.4, 0.5) is 0 Å². The summed E-state index contributed by atoms with van der Waals surface area (Å²) in [7, 11) is 0. The van der Waals surface area contributed by atoms with Gasteiger partial charge in [0.25, 0.3) is 0 Å². The van der Waals surface area contributed by atoms with Gasteiger partial charge in [-0.25, -0.2) is 115 Å². The molecule has 0 bridgehead atoms. The zero-order valence-corrected chi connectivity index (χ0v) is 85.0. The van der Waals surface area contributed by atoms with Crippen LogP contribution >= 0.6 is 0 Å². The van der Waals surface area contributed by atoms with Gasteiger partial charge in [0, 0.05) is 5.41 Å². The van der Waals surface area contributed by atoms with Gasteiger partial charge >= 0.3 is 155 Å². The standard InChI is InChI=1S/C89H128O56/c1-29-89(30-2,35-124-85(118)87(27,31-120-65(98)41(7)126-61(94)37(3)90)33-122-67(100)43(9)130-71(104)47(13)134-75(108)51(17)138-79(112)55(21)142-83(116)59(25)144-81(114)57(23)140-77(110)53(19)136-73(106)49(15)132-69(102)45(11)128-63(96)39(5)92)36-125-86(119)88(28,32-121-66(99)42(8)127-62(95)38(4)91)34-123-68(101)44(10)131-72(105)48(14)135-76(109)52(18)139-80(113)56(22)143-84(117)60(26)145-82(115)58(24)141-78(111)54(20)137-74(107)50(16)133-70(103)46(12)129-64(97)40(6)93/h37-60,90-93H,29-36H2,1-28H3. The SMILES string of the molecule is CCC(CC)(COC(=O)C(C)(COC(=O)C(C)OC(=O)C(C)O)COC(=O)C(C)OC(=O)C(C)OC(=O)C(C)OC(=O)C(C)OC(=O)C(C)OC(=O)C(C)OC(=O)C(C)OC(=O)C(C)OC(=O)C(C)OC(=O)C(C)O)COC(=O)C(C)(COC(=O)C(C)OC(=O)C(C)O)COC(=O)C(C)OC(=O)C(C)OC(=O)C(C)OC(=O)C(C)OC(=O)C(C)OC(=O)C(C)OC(=O)C(C)OC(=O)C(C)OC(=O)C(C)OC(=O)C(C)O. The number of hydrogen-bond donors (Lipinski definition) is 4. The van der Waals surface area contributed by atoms with Crippen LogP contribution in [-0.2, 0) is 248 Å². The average molecular weight is 2090 g/mol. The summed E-state index contributed by atoms with van der Waals surface area (Å²) in [5, 5.41) is 37.9. The minimum Gasteiger partial charge on any atom is -0.464 e. The maximum atomic E-state index is 14.4. The van der Waals surface area contributed by atoms with E-state index in [0.717, 1.165) is 180 Å². The van der Waals surface area contributed by atoms with Gasteiger partial charge in [0.2, 0.25) is 0 Å². The highest BCUT2D eigenvalue weighted by atomic mass is 16.7. The van der Waals surface area contributed by atoms with Crippen molar-refractivity contribution >= 4 is 155 Å². The summed E-state index contributed by atoms with van der Waals surface area (Å²) in [5.74, 6) is -34.8. The van der Waals surface area contributed by atoms with Gasteiger partial charge in [0.1, 0.15) is 74.9 Å². The summed E-state index contributed by atoms with van der Waals surface area (Å²) in [6, 6.07) is 0. The van der Waals surface area contributed by atoms with Crippen LogP contribution in [-0.4, -0.2) is 362 Å². The number of ether oxygens (including phenoxy) is 26. The van der Waals surface area contributed by atoms with Crippen LogP contribution in [0.2, 0.25) is 0 Å². The van der Waals surface area contributed by atoms with Crippen molar-refractivity contribution in [2.45, 2.75) is 353 Å². The molecule has 0 rings (SSSR count). The Labute approximate surface area is 829 Å². The van der Waals surface area contributed by atoms with Crippen molar-refractivity contribution in [1.29, 1.82) is 0 Å². The third-order valence-electron chi connectivity index (χ3n) is 19.5. The van der Waals surface area contributed by atoms with Crippen LogP contribution in [0.1, 0.15) is 207 Å². The summed E-state index contributed by atoms with van der Waals surface area (Å²) >= 11 is 0. The van der Waals surface area contributed by atoms with E-state index >= 15 is 0 Å². The lowest BCUT2D eigenvalue weighted by atomic mass is 9.83. The number of aliphatic hydroxyl groups is 4. The van der Waals surface area contributed by atoms with Gasteiger partial charge in [-0.15, -0.1) is 0 Å². The summed E-state index contributed by atoms with van der Waals surface area (Å²) in [4.78, 5) is 335. The van der Waals surface area contributed by atoms with Crippen molar-refractivity contribution in [2.24, 2.45) is 16.2 Å². The largest absolute Gasteiger partial charge is 0.464 e. The average Bonchev–Trinajstić information content (AvgIpc) is 0.822. The molecule has 0 heterocycles. The maximum absolute atomic E-state index is 14.4. The first-order valence-corrected chi connectivity index (χ1v) is 44.6. The molecule has 4 N–H and O–H groups in total. The number of hydrogen-bond acceptors (Lipinski definition) is 56. The Morgan fingerprint density at radius 1 is 0.159 bits per heavy atom. The topological polar surface area (TPSA) is 765 Å². The summed E-state index contributed by atoms with van der Waals surface area (Å²) < 4.78 is 131. The molecular weight excluding hydrogens is 1960 g/mol. The Bertz CT molecular complexity index is 4300. The normalized spacial score (nSPS) is 16.9. The number of esters is 26. The van der Waals surface area contributed by atoms with Gasteiger partial charge in [-0.1, -0.05) is 13.8 Å². The minimum atomic E-state index is -2.30. The second kappa shape index (κ2) is 61.3. The first kappa shape index (κ1) is 131. The zero-order chi connectivity index (χ0) is 112. The third-order valence-corrected chi connectivity index (χ3v) is 19.5. The number of carbonyl (C=O) groups is 26. The molecule has 56 heteroatoms. The predicted octanol–water partition coefficient (Wildman–Crippen LogP) is -1.78. The van der Waals surface area contributed by atoms with Crippen LogP contribution in [0.15, 0.2) is 0 Å². The quantitative estimate of drug-likeness (QED) is 0.0386. The van der Waals surface area contributed by atoms with Crippen molar-refractivity contribution in [1.82, 2.24) is 0 Å². The van der Waals surface area contributed by atoms with Gasteiger partial charge in [-0.3, -0.25) is 9.59 Å². The van der Waals surface area contributed by atoms with Crippen LogP contribution in [0, 0.1) is 16.2 Å². The molecule has 0 aliphatic carbocycles. The molecule has 0 aliphatic heterocycles. The van der Waals surface area contributed by atoms with Crippen molar-refractivity contribution in [2.75, 3.05) is 39.6 Å². The molecule has 0 aliphatic rings. The van der Waals surface area contributed by atoms with E-state index in [2.05, 4.69) is 9.47 Å². The second-order valence-electron chi connectivity index (χ2n) is 33.2. The van der Waals surface area contributed by atoms with Gasteiger partial charge in [-0.05, 0) is 193 Å². The molecule has 0 saturated carbocycles. The smallest absolute Gasteiger partial charge is 0.347 e. The molecule has 56 nitrogen and oxygen atoms in total. The van der Waals surface area contributed by atoms with Crippen LogP contribution in [0.3, 0.4) is 0 Å². The highest BCUT2D eigenvalue weighted by Crippen LogP contribution is 2.33. The molecule has 0 aromatic rings. The van der Waals surface area contributed by atoms with E-state index < -0.39 is 358 Å². The molecule has 0 aromatic heterocycles. The van der Waals surface area contributed by atoms with E-state index in [1.54, 1.807) is 13.8 Å². The molecule has 26 unspecified atom stereocenters. The summed E-state index contributed by atoms with van der Waals surface area (Å²) in [6.45, 7) is 23.4. The first-order valence-electron chi connectivity index (χ1n) is 44.6. The van der Waals surface area contributed by atoms with Crippen molar-refractivity contribution in [3.8, 4) is 0 Å². The lowest BCUT2D eigenvalue weighted by Crippen LogP contribution is -2.46. The van der Waals surface area contributed by atoms with Crippen LogP contribution in [0.25, 0.3) is 0 Å². The molecule has 0 aromatic carbocycles. The van der Waals surface area contributed by atoms with E-state index in [4.69, 9.17) is 114 Å². The van der Waals surface area contributed by atoms with E-state index in [0.29, 0.717) is 0 Å². The van der Waals surface area contributed by atoms with Crippen molar-refractivity contribution in [3.05, 3.63) is 0 Å². The molecule has 820 valence electrons. The predicted molar refractivity (Wildman–Crippen MR) is 463 cm³/mol. The molecule has 0 radical (unpaired) electrons. The number of aliphatic hydroxyl groups excluding tert-OH is 4. The minimum absolute atomic E-state index is 0.0315. The van der Waals surface area contributed by atoms with Crippen molar-refractivity contribution in [3.63, 3.8) is 0 Å². The molecule has 0 fully saturated rings. The zero-order valence-electron chi connectivity index (χ0n) is 85.0. The summed E-state index contributed by atoms with van der Waals surface area (Å²) in [6.07, 6.45) is -42.5. The van der Waals surface area contributed by atoms with Gasteiger partial charge in [0.05, 0.1) is 0 Å². The van der Waals surface area contributed by atoms with Gasteiger partial charge in [-0.2, -0.15) is 0 Å². The molecule has 26 atom stereocenters. The molecule has 0 amide bonds. The van der Waals surface area contributed by atoms with Crippen LogP contribution in [0.5, 0.6) is 0 Å². The fourth-order valence-corrected chi connectivity index (χ4v) is 9.57. The summed E-state index contributed by atoms with van der Waals surface area (Å²) in [5.41, 5.74) is -6.02. The van der Waals surface area contributed by atoms with E-state index in [1.807, 2.05) is 0 Å². The Morgan fingerprint density at radius 2 is 0.255 bits per heavy atom. The van der Waals surface area contributed by atoms with Gasteiger partial charge in [0.15, 0.2) is 122 Å². The molecule has 0 spiro atoms. The monoisotopic (exact) mass is 2090 g/mol. The number of carbonyl (C=O) groups excluding carboxylic acids is 26. The van der Waals surface area contributed by atoms with Crippen LogP contribution < -0.4 is 0 Å². The molecule has 145 heavy (non-hydrogen) atoms.